The second-order valence-electron chi connectivity index (χ2n) is 4.10. The maximum atomic E-state index is 12.3. The standard InChI is InChI=1S/C15H8ClIO2/c16-12-2-1-3-13-11(12)8-14(19-13)15(18)9-4-6-10(17)7-5-9/h1-8H. The van der Waals surface area contributed by atoms with Crippen molar-refractivity contribution in [2.45, 2.75) is 0 Å². The molecule has 0 atom stereocenters. The molecule has 2 aromatic carbocycles. The van der Waals surface area contributed by atoms with Crippen LogP contribution in [0.4, 0.5) is 0 Å². The summed E-state index contributed by atoms with van der Waals surface area (Å²) < 4.78 is 6.64. The quantitative estimate of drug-likeness (QED) is 0.465. The van der Waals surface area contributed by atoms with Gasteiger partial charge in [-0.2, -0.15) is 0 Å². The van der Waals surface area contributed by atoms with Gasteiger partial charge in [0.25, 0.3) is 0 Å². The molecule has 0 amide bonds. The largest absolute Gasteiger partial charge is 0.453 e. The molecule has 19 heavy (non-hydrogen) atoms. The van der Waals surface area contributed by atoms with E-state index in [1.165, 1.54) is 0 Å². The lowest BCUT2D eigenvalue weighted by Gasteiger charge is -1.97. The van der Waals surface area contributed by atoms with Gasteiger partial charge in [0.15, 0.2) is 5.76 Å². The van der Waals surface area contributed by atoms with Crippen LogP contribution in [0.15, 0.2) is 52.9 Å². The minimum absolute atomic E-state index is 0.135. The number of fused-ring (bicyclic) bond motifs is 1. The first-order valence-electron chi connectivity index (χ1n) is 5.63. The number of halogens is 2. The van der Waals surface area contributed by atoms with Crippen LogP contribution in [-0.2, 0) is 0 Å². The summed E-state index contributed by atoms with van der Waals surface area (Å²) in [6.07, 6.45) is 0. The van der Waals surface area contributed by atoms with E-state index in [0.29, 0.717) is 21.9 Å². The van der Waals surface area contributed by atoms with Crippen molar-refractivity contribution in [2.75, 3.05) is 0 Å². The van der Waals surface area contributed by atoms with Crippen LogP contribution in [0.2, 0.25) is 5.02 Å². The molecule has 3 rings (SSSR count). The molecule has 0 aliphatic carbocycles. The van der Waals surface area contributed by atoms with Crippen LogP contribution in [0.1, 0.15) is 16.1 Å². The first kappa shape index (κ1) is 12.7. The fourth-order valence-electron chi connectivity index (χ4n) is 1.88. The average molecular weight is 383 g/mol. The Morgan fingerprint density at radius 3 is 2.53 bits per heavy atom. The first-order chi connectivity index (χ1) is 9.15. The highest BCUT2D eigenvalue weighted by atomic mass is 127. The van der Waals surface area contributed by atoms with E-state index in [4.69, 9.17) is 16.0 Å². The summed E-state index contributed by atoms with van der Waals surface area (Å²) in [6, 6.07) is 14.4. The second-order valence-corrected chi connectivity index (χ2v) is 5.75. The van der Waals surface area contributed by atoms with Crippen molar-refractivity contribution in [1.82, 2.24) is 0 Å². The van der Waals surface area contributed by atoms with Crippen molar-refractivity contribution in [3.8, 4) is 0 Å². The summed E-state index contributed by atoms with van der Waals surface area (Å²) in [4.78, 5) is 12.3. The van der Waals surface area contributed by atoms with Gasteiger partial charge in [-0.1, -0.05) is 17.7 Å². The van der Waals surface area contributed by atoms with Crippen molar-refractivity contribution in [2.24, 2.45) is 0 Å². The van der Waals surface area contributed by atoms with E-state index in [1.54, 1.807) is 36.4 Å². The van der Waals surface area contributed by atoms with E-state index >= 15 is 0 Å². The van der Waals surface area contributed by atoms with Crippen molar-refractivity contribution in [1.29, 1.82) is 0 Å². The lowest BCUT2D eigenvalue weighted by molar-refractivity contribution is 0.101. The van der Waals surface area contributed by atoms with Crippen molar-refractivity contribution >= 4 is 50.9 Å². The molecule has 0 aliphatic rings. The van der Waals surface area contributed by atoms with E-state index in [0.717, 1.165) is 8.96 Å². The number of carbonyl (C=O) groups excluding carboxylic acids is 1. The smallest absolute Gasteiger partial charge is 0.228 e. The highest BCUT2D eigenvalue weighted by Crippen LogP contribution is 2.27. The van der Waals surface area contributed by atoms with E-state index in [2.05, 4.69) is 22.6 Å². The number of ketones is 1. The van der Waals surface area contributed by atoms with Gasteiger partial charge >= 0.3 is 0 Å². The first-order valence-corrected chi connectivity index (χ1v) is 7.09. The molecule has 2 nitrogen and oxygen atoms in total. The highest BCUT2D eigenvalue weighted by Gasteiger charge is 2.15. The molecular weight excluding hydrogens is 375 g/mol. The molecule has 0 aliphatic heterocycles. The molecule has 0 radical (unpaired) electrons. The van der Waals surface area contributed by atoms with Gasteiger partial charge in [-0.25, -0.2) is 0 Å². The molecule has 0 bridgehead atoms. The highest BCUT2D eigenvalue weighted by molar-refractivity contribution is 14.1. The fraction of sp³-hybridized carbons (Fsp3) is 0. The van der Waals surface area contributed by atoms with Crippen LogP contribution < -0.4 is 0 Å². The van der Waals surface area contributed by atoms with E-state index in [-0.39, 0.29) is 5.78 Å². The molecule has 3 aromatic rings. The zero-order valence-corrected chi connectivity index (χ0v) is 12.6. The number of hydrogen-bond acceptors (Lipinski definition) is 2. The predicted molar refractivity (Wildman–Crippen MR) is 83.8 cm³/mol. The van der Waals surface area contributed by atoms with Gasteiger partial charge in [0.05, 0.1) is 5.02 Å². The summed E-state index contributed by atoms with van der Waals surface area (Å²) >= 11 is 8.27. The van der Waals surface area contributed by atoms with E-state index in [9.17, 15) is 4.79 Å². The van der Waals surface area contributed by atoms with Crippen molar-refractivity contribution < 1.29 is 9.21 Å². The van der Waals surface area contributed by atoms with Gasteiger partial charge in [-0.3, -0.25) is 4.79 Å². The number of rotatable bonds is 2. The van der Waals surface area contributed by atoms with Crippen LogP contribution in [0.3, 0.4) is 0 Å². The Morgan fingerprint density at radius 1 is 1.11 bits per heavy atom. The lowest BCUT2D eigenvalue weighted by Crippen LogP contribution is -1.98. The third-order valence-electron chi connectivity index (χ3n) is 2.84. The minimum atomic E-state index is -0.135. The Balaban J connectivity index is 2.06. The Kier molecular flexibility index (Phi) is 3.33. The third kappa shape index (κ3) is 2.40. The van der Waals surface area contributed by atoms with Gasteiger partial charge < -0.3 is 4.42 Å². The predicted octanol–water partition coefficient (Wildman–Crippen LogP) is 4.92. The maximum absolute atomic E-state index is 12.3. The average Bonchev–Trinajstić information content (AvgIpc) is 2.84. The number of hydrogen-bond donors (Lipinski definition) is 0. The summed E-state index contributed by atoms with van der Waals surface area (Å²) in [7, 11) is 0. The molecule has 0 unspecified atom stereocenters. The zero-order valence-electron chi connectivity index (χ0n) is 9.69. The lowest BCUT2D eigenvalue weighted by atomic mass is 10.1. The molecule has 0 fully saturated rings. The summed E-state index contributed by atoms with van der Waals surface area (Å²) in [5.74, 6) is 0.174. The summed E-state index contributed by atoms with van der Waals surface area (Å²) in [6.45, 7) is 0. The van der Waals surface area contributed by atoms with Crippen LogP contribution in [0, 0.1) is 3.57 Å². The molecule has 0 spiro atoms. The normalized spacial score (nSPS) is 10.8. The molecule has 0 saturated heterocycles. The fourth-order valence-corrected chi connectivity index (χ4v) is 2.46. The van der Waals surface area contributed by atoms with Crippen molar-refractivity contribution in [3.63, 3.8) is 0 Å². The summed E-state index contributed by atoms with van der Waals surface area (Å²) in [5, 5.41) is 1.35. The van der Waals surface area contributed by atoms with Gasteiger partial charge in [0.2, 0.25) is 5.78 Å². The Bertz CT molecular complexity index is 759. The van der Waals surface area contributed by atoms with Gasteiger partial charge in [-0.15, -0.1) is 0 Å². The van der Waals surface area contributed by atoms with Crippen LogP contribution in [-0.4, -0.2) is 5.78 Å². The SMILES string of the molecule is O=C(c1ccc(I)cc1)c1cc2c(Cl)cccc2o1. The topological polar surface area (TPSA) is 30.2 Å². The molecule has 1 aromatic heterocycles. The minimum Gasteiger partial charge on any atom is -0.453 e. The number of benzene rings is 2. The van der Waals surface area contributed by atoms with E-state index in [1.807, 2.05) is 12.1 Å². The van der Waals surface area contributed by atoms with E-state index < -0.39 is 0 Å². The molecular formula is C15H8ClIO2. The number of furan rings is 1. The van der Waals surface area contributed by atoms with Gasteiger partial charge in [0.1, 0.15) is 5.58 Å². The molecule has 0 saturated carbocycles. The van der Waals surface area contributed by atoms with Crippen LogP contribution in [0.5, 0.6) is 0 Å². The van der Waals surface area contributed by atoms with Crippen LogP contribution in [0.25, 0.3) is 11.0 Å². The molecule has 94 valence electrons. The van der Waals surface area contributed by atoms with Crippen LogP contribution >= 0.6 is 34.2 Å². The third-order valence-corrected chi connectivity index (χ3v) is 3.89. The molecule has 1 heterocycles. The van der Waals surface area contributed by atoms with Gasteiger partial charge in [0, 0.05) is 14.5 Å². The maximum Gasteiger partial charge on any atom is 0.228 e. The van der Waals surface area contributed by atoms with Gasteiger partial charge in [-0.05, 0) is 65.1 Å². The number of carbonyl (C=O) groups is 1. The van der Waals surface area contributed by atoms with Crippen molar-refractivity contribution in [3.05, 3.63) is 68.4 Å². The Morgan fingerprint density at radius 2 is 1.84 bits per heavy atom. The Labute approximate surface area is 128 Å². The monoisotopic (exact) mass is 382 g/mol. The molecule has 0 N–H and O–H groups in total. The Hall–Kier alpha value is -1.33. The summed E-state index contributed by atoms with van der Waals surface area (Å²) in [5.41, 5.74) is 1.23. The molecule has 4 heteroatoms. The second kappa shape index (κ2) is 4.98. The zero-order chi connectivity index (χ0) is 13.4.